The van der Waals surface area contributed by atoms with Gasteiger partial charge in [0.15, 0.2) is 0 Å². The number of aryl methyl sites for hydroxylation is 3. The van der Waals surface area contributed by atoms with Crippen molar-refractivity contribution in [1.82, 2.24) is 14.9 Å². The van der Waals surface area contributed by atoms with E-state index in [9.17, 15) is 9.59 Å². The Morgan fingerprint density at radius 2 is 1.86 bits per heavy atom. The van der Waals surface area contributed by atoms with Gasteiger partial charge in [0.25, 0.3) is 11.5 Å². The maximum atomic E-state index is 13.6. The summed E-state index contributed by atoms with van der Waals surface area (Å²) < 4.78 is 5.39. The first-order valence-electron chi connectivity index (χ1n) is 9.39. The molecular weight excluding hydrogens is 354 g/mol. The standard InChI is InChI=1S/C22H27N3O3/c1-12(2)25(11-18-13(3)7-15(5)24-21(18)26)22(27)17-8-16(28-6)9-19-20(17)14(4)10-23-19/h7-10,12,23H,11H2,1-6H3,(H,24,26). The molecule has 3 rings (SSSR count). The zero-order valence-electron chi connectivity index (χ0n) is 17.3. The Morgan fingerprint density at radius 3 is 2.46 bits per heavy atom. The average Bonchev–Trinajstić information content (AvgIpc) is 3.00. The number of ether oxygens (including phenoxy) is 1. The molecular formula is C22H27N3O3. The lowest BCUT2D eigenvalue weighted by Gasteiger charge is -2.28. The van der Waals surface area contributed by atoms with Crippen LogP contribution in [0.5, 0.6) is 5.75 Å². The number of nitrogens with one attached hydrogen (secondary N) is 2. The summed E-state index contributed by atoms with van der Waals surface area (Å²) in [6.45, 7) is 9.89. The van der Waals surface area contributed by atoms with Crippen molar-refractivity contribution in [1.29, 1.82) is 0 Å². The highest BCUT2D eigenvalue weighted by atomic mass is 16.5. The van der Waals surface area contributed by atoms with Crippen LogP contribution in [0.15, 0.2) is 29.2 Å². The Morgan fingerprint density at radius 1 is 1.14 bits per heavy atom. The third-order valence-corrected chi connectivity index (χ3v) is 5.12. The smallest absolute Gasteiger partial charge is 0.255 e. The minimum absolute atomic E-state index is 0.0758. The first-order chi connectivity index (χ1) is 13.2. The number of benzene rings is 1. The second kappa shape index (κ2) is 7.54. The van der Waals surface area contributed by atoms with Crippen LogP contribution in [-0.4, -0.2) is 33.9 Å². The molecule has 0 saturated heterocycles. The van der Waals surface area contributed by atoms with Gasteiger partial charge in [0, 0.05) is 34.9 Å². The summed E-state index contributed by atoms with van der Waals surface area (Å²) in [6, 6.07) is 5.51. The van der Waals surface area contributed by atoms with Gasteiger partial charge in [0.05, 0.1) is 24.7 Å². The lowest BCUT2D eigenvalue weighted by Crippen LogP contribution is -2.38. The molecule has 2 N–H and O–H groups in total. The van der Waals surface area contributed by atoms with Crippen molar-refractivity contribution in [2.45, 2.75) is 47.2 Å². The van der Waals surface area contributed by atoms with Gasteiger partial charge in [-0.25, -0.2) is 0 Å². The number of carbonyl (C=O) groups excluding carboxylic acids is 1. The number of aromatic nitrogens is 2. The van der Waals surface area contributed by atoms with Gasteiger partial charge in [0.1, 0.15) is 5.75 Å². The van der Waals surface area contributed by atoms with E-state index < -0.39 is 0 Å². The van der Waals surface area contributed by atoms with Crippen molar-refractivity contribution in [3.63, 3.8) is 0 Å². The van der Waals surface area contributed by atoms with E-state index in [1.165, 1.54) is 0 Å². The molecule has 3 aromatic rings. The number of amides is 1. The van der Waals surface area contributed by atoms with Gasteiger partial charge in [-0.15, -0.1) is 0 Å². The van der Waals surface area contributed by atoms with Crippen molar-refractivity contribution in [2.75, 3.05) is 7.11 Å². The normalized spacial score (nSPS) is 11.2. The summed E-state index contributed by atoms with van der Waals surface area (Å²) in [5.74, 6) is 0.492. The number of methoxy groups -OCH3 is 1. The number of H-pyrrole nitrogens is 2. The summed E-state index contributed by atoms with van der Waals surface area (Å²) in [6.07, 6.45) is 1.88. The lowest BCUT2D eigenvalue weighted by atomic mass is 10.0. The lowest BCUT2D eigenvalue weighted by molar-refractivity contribution is 0.0691. The first-order valence-corrected chi connectivity index (χ1v) is 9.39. The van der Waals surface area contributed by atoms with Crippen molar-refractivity contribution >= 4 is 16.8 Å². The van der Waals surface area contributed by atoms with Crippen molar-refractivity contribution in [3.05, 3.63) is 62.7 Å². The molecule has 0 bridgehead atoms. The molecule has 0 unspecified atom stereocenters. The van der Waals surface area contributed by atoms with Crippen molar-refractivity contribution < 1.29 is 9.53 Å². The molecule has 0 fully saturated rings. The number of aromatic amines is 2. The van der Waals surface area contributed by atoms with Gasteiger partial charge < -0.3 is 19.6 Å². The van der Waals surface area contributed by atoms with Crippen LogP contribution in [0.2, 0.25) is 0 Å². The largest absolute Gasteiger partial charge is 0.497 e. The highest BCUT2D eigenvalue weighted by Gasteiger charge is 2.24. The summed E-state index contributed by atoms with van der Waals surface area (Å²) in [5, 5.41) is 0.881. The zero-order chi connectivity index (χ0) is 20.6. The predicted octanol–water partition coefficient (Wildman–Crippen LogP) is 3.84. The van der Waals surface area contributed by atoms with E-state index >= 15 is 0 Å². The van der Waals surface area contributed by atoms with Crippen LogP contribution in [0.4, 0.5) is 0 Å². The maximum Gasteiger partial charge on any atom is 0.255 e. The van der Waals surface area contributed by atoms with Crippen LogP contribution in [0, 0.1) is 20.8 Å². The monoisotopic (exact) mass is 381 g/mol. The van der Waals surface area contributed by atoms with Crippen LogP contribution in [0.25, 0.3) is 10.9 Å². The zero-order valence-corrected chi connectivity index (χ0v) is 17.3. The molecule has 0 radical (unpaired) electrons. The summed E-state index contributed by atoms with van der Waals surface area (Å²) in [4.78, 5) is 33.8. The molecule has 2 aromatic heterocycles. The number of nitrogens with zero attached hydrogens (tertiary/aromatic N) is 1. The molecule has 0 spiro atoms. The molecule has 28 heavy (non-hydrogen) atoms. The molecule has 6 nitrogen and oxygen atoms in total. The Labute approximate surface area is 164 Å². The fourth-order valence-electron chi connectivity index (χ4n) is 3.59. The molecule has 0 aliphatic heterocycles. The number of hydrogen-bond donors (Lipinski definition) is 2. The molecule has 2 heterocycles. The molecule has 0 atom stereocenters. The van der Waals surface area contributed by atoms with E-state index in [-0.39, 0.29) is 24.1 Å². The van der Waals surface area contributed by atoms with E-state index in [4.69, 9.17) is 4.74 Å². The first kappa shape index (κ1) is 19.7. The van der Waals surface area contributed by atoms with E-state index in [1.807, 2.05) is 52.9 Å². The van der Waals surface area contributed by atoms with Gasteiger partial charge in [0.2, 0.25) is 0 Å². The SMILES string of the molecule is COc1cc(C(=O)N(Cc2c(C)cc(C)[nH]c2=O)C(C)C)c2c(C)c[nH]c2c1. The number of hydrogen-bond acceptors (Lipinski definition) is 3. The Balaban J connectivity index is 2.10. The van der Waals surface area contributed by atoms with E-state index in [2.05, 4.69) is 9.97 Å². The van der Waals surface area contributed by atoms with Gasteiger partial charge in [-0.05, 0) is 57.9 Å². The number of carbonyl (C=O) groups is 1. The third kappa shape index (κ3) is 3.54. The molecule has 1 amide bonds. The van der Waals surface area contributed by atoms with Gasteiger partial charge in [-0.3, -0.25) is 9.59 Å². The van der Waals surface area contributed by atoms with E-state index in [0.717, 1.165) is 27.7 Å². The van der Waals surface area contributed by atoms with Crippen molar-refractivity contribution in [2.24, 2.45) is 0 Å². The third-order valence-electron chi connectivity index (χ3n) is 5.12. The van der Waals surface area contributed by atoms with Crippen LogP contribution >= 0.6 is 0 Å². The minimum Gasteiger partial charge on any atom is -0.497 e. The number of fused-ring (bicyclic) bond motifs is 1. The fourth-order valence-corrected chi connectivity index (χ4v) is 3.59. The molecule has 6 heteroatoms. The Hall–Kier alpha value is -3.02. The highest BCUT2D eigenvalue weighted by Crippen LogP contribution is 2.29. The second-order valence-electron chi connectivity index (χ2n) is 7.54. The summed E-state index contributed by atoms with van der Waals surface area (Å²) in [7, 11) is 1.58. The molecule has 1 aromatic carbocycles. The maximum absolute atomic E-state index is 13.6. The summed E-state index contributed by atoms with van der Waals surface area (Å²) >= 11 is 0. The van der Waals surface area contributed by atoms with Crippen LogP contribution in [0.3, 0.4) is 0 Å². The Kier molecular flexibility index (Phi) is 5.31. The number of rotatable bonds is 5. The van der Waals surface area contributed by atoms with Crippen LogP contribution < -0.4 is 10.3 Å². The topological polar surface area (TPSA) is 78.2 Å². The van der Waals surface area contributed by atoms with E-state index in [1.54, 1.807) is 18.1 Å². The van der Waals surface area contributed by atoms with Gasteiger partial charge in [-0.1, -0.05) is 0 Å². The molecule has 0 aliphatic rings. The molecule has 0 saturated carbocycles. The number of pyridine rings is 1. The Bertz CT molecular complexity index is 1090. The minimum atomic E-state index is -0.149. The fraction of sp³-hybridized carbons (Fsp3) is 0.364. The average molecular weight is 381 g/mol. The quantitative estimate of drug-likeness (QED) is 0.705. The van der Waals surface area contributed by atoms with Gasteiger partial charge >= 0.3 is 0 Å². The highest BCUT2D eigenvalue weighted by molar-refractivity contribution is 6.08. The predicted molar refractivity (Wildman–Crippen MR) is 111 cm³/mol. The van der Waals surface area contributed by atoms with Crippen molar-refractivity contribution in [3.8, 4) is 5.75 Å². The molecule has 148 valence electrons. The van der Waals surface area contributed by atoms with Crippen LogP contribution in [0.1, 0.15) is 46.6 Å². The second-order valence-corrected chi connectivity index (χ2v) is 7.54. The molecule has 0 aliphatic carbocycles. The van der Waals surface area contributed by atoms with Crippen LogP contribution in [-0.2, 0) is 6.54 Å². The summed E-state index contributed by atoms with van der Waals surface area (Å²) in [5.41, 5.74) is 4.58. The van der Waals surface area contributed by atoms with Gasteiger partial charge in [-0.2, -0.15) is 0 Å². The van der Waals surface area contributed by atoms with E-state index in [0.29, 0.717) is 16.9 Å².